The fraction of sp³-hybridized carbons (Fsp3) is 0.100. The minimum Gasteiger partial charge on any atom is -0.506 e. The van der Waals surface area contributed by atoms with Gasteiger partial charge in [0.2, 0.25) is 0 Å². The van der Waals surface area contributed by atoms with Crippen molar-refractivity contribution in [2.75, 3.05) is 0 Å². The zero-order valence-corrected chi connectivity index (χ0v) is 9.72. The van der Waals surface area contributed by atoms with E-state index in [1.807, 2.05) is 13.0 Å². The molecule has 1 aromatic heterocycles. The SMILES string of the molecule is Cc1cc(Br)nc2c(O)ccc(Cl)c12. The molecule has 0 unspecified atom stereocenters. The third-order valence-electron chi connectivity index (χ3n) is 2.05. The van der Waals surface area contributed by atoms with Gasteiger partial charge in [-0.1, -0.05) is 11.6 Å². The number of phenols is 1. The lowest BCUT2D eigenvalue weighted by Gasteiger charge is -2.06. The van der Waals surface area contributed by atoms with Gasteiger partial charge in [0.05, 0.1) is 5.02 Å². The van der Waals surface area contributed by atoms with Gasteiger partial charge in [-0.05, 0) is 46.6 Å². The highest BCUT2D eigenvalue weighted by Gasteiger charge is 2.08. The Labute approximate surface area is 94.7 Å². The first-order valence-corrected chi connectivity index (χ1v) is 5.21. The van der Waals surface area contributed by atoms with E-state index in [9.17, 15) is 5.11 Å². The predicted molar refractivity (Wildman–Crippen MR) is 60.9 cm³/mol. The summed E-state index contributed by atoms with van der Waals surface area (Å²) in [6, 6.07) is 5.08. The third kappa shape index (κ3) is 1.47. The Morgan fingerprint density at radius 2 is 2.14 bits per heavy atom. The van der Waals surface area contributed by atoms with E-state index in [0.29, 0.717) is 15.1 Å². The zero-order chi connectivity index (χ0) is 10.3. The van der Waals surface area contributed by atoms with Crippen LogP contribution < -0.4 is 0 Å². The number of fused-ring (bicyclic) bond motifs is 1. The van der Waals surface area contributed by atoms with Crippen LogP contribution in [0.3, 0.4) is 0 Å². The van der Waals surface area contributed by atoms with Gasteiger partial charge < -0.3 is 5.11 Å². The molecule has 0 spiro atoms. The van der Waals surface area contributed by atoms with Crippen LogP contribution in [0.15, 0.2) is 22.8 Å². The van der Waals surface area contributed by atoms with Gasteiger partial charge in [-0.3, -0.25) is 0 Å². The molecule has 2 rings (SSSR count). The van der Waals surface area contributed by atoms with Crippen molar-refractivity contribution in [1.82, 2.24) is 4.98 Å². The third-order valence-corrected chi connectivity index (χ3v) is 2.78. The highest BCUT2D eigenvalue weighted by molar-refractivity contribution is 9.10. The molecule has 0 atom stereocenters. The largest absolute Gasteiger partial charge is 0.506 e. The van der Waals surface area contributed by atoms with Gasteiger partial charge in [0, 0.05) is 5.39 Å². The van der Waals surface area contributed by atoms with Crippen LogP contribution in [0.2, 0.25) is 5.02 Å². The predicted octanol–water partition coefficient (Wildman–Crippen LogP) is 3.66. The maximum Gasteiger partial charge on any atom is 0.141 e. The highest BCUT2D eigenvalue weighted by Crippen LogP contribution is 2.32. The van der Waals surface area contributed by atoms with Crippen molar-refractivity contribution in [2.24, 2.45) is 0 Å². The summed E-state index contributed by atoms with van der Waals surface area (Å²) in [7, 11) is 0. The molecule has 1 heterocycles. The van der Waals surface area contributed by atoms with Crippen LogP contribution in [-0.2, 0) is 0 Å². The van der Waals surface area contributed by atoms with Crippen LogP contribution in [0.25, 0.3) is 10.9 Å². The molecule has 0 aliphatic heterocycles. The average molecular weight is 273 g/mol. The molecule has 0 bridgehead atoms. The normalized spacial score (nSPS) is 10.8. The minimum atomic E-state index is 0.147. The molecular formula is C10H7BrClNO. The van der Waals surface area contributed by atoms with E-state index in [-0.39, 0.29) is 5.75 Å². The highest BCUT2D eigenvalue weighted by atomic mass is 79.9. The van der Waals surface area contributed by atoms with Crippen molar-refractivity contribution >= 4 is 38.4 Å². The van der Waals surface area contributed by atoms with E-state index < -0.39 is 0 Å². The smallest absolute Gasteiger partial charge is 0.141 e. The van der Waals surface area contributed by atoms with Gasteiger partial charge in [-0.2, -0.15) is 0 Å². The zero-order valence-electron chi connectivity index (χ0n) is 7.38. The monoisotopic (exact) mass is 271 g/mol. The number of aromatic nitrogens is 1. The lowest BCUT2D eigenvalue weighted by atomic mass is 10.1. The van der Waals surface area contributed by atoms with Crippen LogP contribution in [0.1, 0.15) is 5.56 Å². The Balaban J connectivity index is 3.00. The fourth-order valence-corrected chi connectivity index (χ4v) is 2.26. The van der Waals surface area contributed by atoms with Crippen LogP contribution in [0, 0.1) is 6.92 Å². The molecule has 14 heavy (non-hydrogen) atoms. The van der Waals surface area contributed by atoms with Crippen LogP contribution in [-0.4, -0.2) is 10.1 Å². The summed E-state index contributed by atoms with van der Waals surface area (Å²) in [4.78, 5) is 4.18. The molecule has 0 amide bonds. The van der Waals surface area contributed by atoms with Gasteiger partial charge in [0.25, 0.3) is 0 Å². The van der Waals surface area contributed by atoms with Crippen molar-refractivity contribution in [3.8, 4) is 5.75 Å². The van der Waals surface area contributed by atoms with E-state index in [2.05, 4.69) is 20.9 Å². The van der Waals surface area contributed by atoms with Crippen molar-refractivity contribution in [2.45, 2.75) is 6.92 Å². The Morgan fingerprint density at radius 1 is 1.43 bits per heavy atom. The molecule has 0 aliphatic carbocycles. The first-order chi connectivity index (χ1) is 6.59. The van der Waals surface area contributed by atoms with Crippen LogP contribution >= 0.6 is 27.5 Å². The molecule has 72 valence electrons. The van der Waals surface area contributed by atoms with Crippen molar-refractivity contribution in [3.63, 3.8) is 0 Å². The Bertz CT molecular complexity index is 513. The van der Waals surface area contributed by atoms with Gasteiger partial charge in [-0.15, -0.1) is 0 Å². The summed E-state index contributed by atoms with van der Waals surface area (Å²) in [6.07, 6.45) is 0. The Hall–Kier alpha value is -0.800. The van der Waals surface area contributed by atoms with E-state index in [1.165, 1.54) is 0 Å². The fourth-order valence-electron chi connectivity index (χ4n) is 1.43. The van der Waals surface area contributed by atoms with E-state index in [0.717, 1.165) is 10.9 Å². The average Bonchev–Trinajstić information content (AvgIpc) is 2.10. The molecule has 2 aromatic rings. The number of aryl methyl sites for hydroxylation is 1. The number of nitrogens with zero attached hydrogens (tertiary/aromatic N) is 1. The molecule has 2 nitrogen and oxygen atoms in total. The Kier molecular flexibility index (Phi) is 2.37. The molecule has 0 aliphatic rings. The maximum absolute atomic E-state index is 9.60. The minimum absolute atomic E-state index is 0.147. The summed E-state index contributed by atoms with van der Waals surface area (Å²) in [6.45, 7) is 1.93. The number of benzene rings is 1. The lowest BCUT2D eigenvalue weighted by Crippen LogP contribution is -1.86. The molecule has 1 N–H and O–H groups in total. The second-order valence-electron chi connectivity index (χ2n) is 3.05. The van der Waals surface area contributed by atoms with Crippen LogP contribution in [0.5, 0.6) is 5.75 Å². The first kappa shape index (κ1) is 9.74. The number of pyridine rings is 1. The molecule has 1 aromatic carbocycles. The molecular weight excluding hydrogens is 265 g/mol. The number of rotatable bonds is 0. The van der Waals surface area contributed by atoms with Crippen molar-refractivity contribution in [3.05, 3.63) is 33.4 Å². The number of halogens is 2. The van der Waals surface area contributed by atoms with Gasteiger partial charge >= 0.3 is 0 Å². The molecule has 0 fully saturated rings. The van der Waals surface area contributed by atoms with Gasteiger partial charge in [0.15, 0.2) is 0 Å². The summed E-state index contributed by atoms with van der Waals surface area (Å²) in [5, 5.41) is 11.0. The van der Waals surface area contributed by atoms with E-state index >= 15 is 0 Å². The first-order valence-electron chi connectivity index (χ1n) is 4.04. The quantitative estimate of drug-likeness (QED) is 0.742. The Morgan fingerprint density at radius 3 is 2.86 bits per heavy atom. The van der Waals surface area contributed by atoms with Crippen molar-refractivity contribution < 1.29 is 5.11 Å². The second kappa shape index (κ2) is 3.41. The van der Waals surface area contributed by atoms with Gasteiger partial charge in [0.1, 0.15) is 15.9 Å². The summed E-state index contributed by atoms with van der Waals surface area (Å²) in [5.74, 6) is 0.147. The summed E-state index contributed by atoms with van der Waals surface area (Å²) in [5.41, 5.74) is 1.52. The van der Waals surface area contributed by atoms with Crippen molar-refractivity contribution in [1.29, 1.82) is 0 Å². The van der Waals surface area contributed by atoms with Gasteiger partial charge in [-0.25, -0.2) is 4.98 Å². The van der Waals surface area contributed by atoms with E-state index in [4.69, 9.17) is 11.6 Å². The summed E-state index contributed by atoms with van der Waals surface area (Å²) >= 11 is 9.30. The lowest BCUT2D eigenvalue weighted by molar-refractivity contribution is 0.480. The number of phenolic OH excluding ortho intramolecular Hbond substituents is 1. The summed E-state index contributed by atoms with van der Waals surface area (Å²) < 4.78 is 0.695. The van der Waals surface area contributed by atoms with E-state index in [1.54, 1.807) is 12.1 Å². The standard InChI is InChI=1S/C10H7BrClNO/c1-5-4-8(11)13-10-7(14)3-2-6(12)9(5)10/h2-4,14H,1H3. The molecule has 0 saturated carbocycles. The topological polar surface area (TPSA) is 33.1 Å². The maximum atomic E-state index is 9.60. The molecule has 4 heteroatoms. The van der Waals surface area contributed by atoms with Crippen LogP contribution in [0.4, 0.5) is 0 Å². The second-order valence-corrected chi connectivity index (χ2v) is 4.27. The number of aromatic hydroxyl groups is 1. The molecule has 0 radical (unpaired) electrons. The molecule has 0 saturated heterocycles. The number of hydrogen-bond donors (Lipinski definition) is 1. The number of hydrogen-bond acceptors (Lipinski definition) is 2.